The predicted octanol–water partition coefficient (Wildman–Crippen LogP) is -0.0223. The van der Waals surface area contributed by atoms with Crippen molar-refractivity contribution in [2.75, 3.05) is 0 Å². The van der Waals surface area contributed by atoms with E-state index in [1.165, 1.54) is 0 Å². The fraction of sp³-hybridized carbons (Fsp3) is 0.143. The minimum absolute atomic E-state index is 0.0162. The van der Waals surface area contributed by atoms with E-state index in [2.05, 4.69) is 4.98 Å². The fourth-order valence-electron chi connectivity index (χ4n) is 0.827. The van der Waals surface area contributed by atoms with E-state index in [1.54, 1.807) is 0 Å². The van der Waals surface area contributed by atoms with Crippen molar-refractivity contribution in [1.29, 1.82) is 0 Å². The van der Waals surface area contributed by atoms with Gasteiger partial charge in [0.2, 0.25) is 0 Å². The molecule has 0 aliphatic carbocycles. The third-order valence-corrected chi connectivity index (χ3v) is 1.42. The van der Waals surface area contributed by atoms with Crippen molar-refractivity contribution in [2.24, 2.45) is 0 Å². The highest BCUT2D eigenvalue weighted by atomic mass is 16.4. The molecule has 3 N–H and O–H groups in total. The van der Waals surface area contributed by atoms with Gasteiger partial charge in [-0.1, -0.05) is 0 Å². The highest BCUT2D eigenvalue weighted by molar-refractivity contribution is 5.89. The lowest BCUT2D eigenvalue weighted by Crippen LogP contribution is -2.03. The molecule has 0 aliphatic heterocycles. The zero-order chi connectivity index (χ0) is 9.14. The molecule has 0 bridgehead atoms. The molecule has 0 aromatic carbocycles. The molecular weight excluding hydrogens is 162 g/mol. The standard InChI is InChI=1S/C7H7NO4/c9-3-5-4(7(11)12)1-8-2-6(5)10/h1-2,9-10H,3H2,(H,11,12). The molecule has 0 radical (unpaired) electrons. The van der Waals surface area contributed by atoms with Gasteiger partial charge in [-0.25, -0.2) is 4.79 Å². The van der Waals surface area contributed by atoms with Crippen LogP contribution in [0.3, 0.4) is 0 Å². The summed E-state index contributed by atoms with van der Waals surface area (Å²) in [7, 11) is 0. The lowest BCUT2D eigenvalue weighted by atomic mass is 10.1. The molecule has 64 valence electrons. The van der Waals surface area contributed by atoms with Crippen LogP contribution in [0.15, 0.2) is 12.4 Å². The van der Waals surface area contributed by atoms with E-state index in [9.17, 15) is 4.79 Å². The smallest absolute Gasteiger partial charge is 0.337 e. The van der Waals surface area contributed by atoms with Gasteiger partial charge >= 0.3 is 5.97 Å². The molecule has 0 amide bonds. The third-order valence-electron chi connectivity index (χ3n) is 1.42. The Morgan fingerprint density at radius 3 is 2.58 bits per heavy atom. The largest absolute Gasteiger partial charge is 0.506 e. The number of hydrogen-bond acceptors (Lipinski definition) is 4. The Kier molecular flexibility index (Phi) is 2.25. The first kappa shape index (κ1) is 8.48. The second-order valence-corrected chi connectivity index (χ2v) is 2.15. The maximum Gasteiger partial charge on any atom is 0.337 e. The second-order valence-electron chi connectivity index (χ2n) is 2.15. The van der Waals surface area contributed by atoms with Gasteiger partial charge in [-0.2, -0.15) is 0 Å². The quantitative estimate of drug-likeness (QED) is 0.578. The molecule has 0 saturated heterocycles. The van der Waals surface area contributed by atoms with Gasteiger partial charge in [0, 0.05) is 11.8 Å². The van der Waals surface area contributed by atoms with E-state index in [0.717, 1.165) is 12.4 Å². The van der Waals surface area contributed by atoms with E-state index in [1.807, 2.05) is 0 Å². The molecule has 0 unspecified atom stereocenters. The molecule has 0 aliphatic rings. The minimum Gasteiger partial charge on any atom is -0.506 e. The highest BCUT2D eigenvalue weighted by Crippen LogP contribution is 2.18. The monoisotopic (exact) mass is 169 g/mol. The summed E-state index contributed by atoms with van der Waals surface area (Å²) in [6.07, 6.45) is 2.16. The number of aliphatic hydroxyl groups is 1. The van der Waals surface area contributed by atoms with Crippen molar-refractivity contribution in [2.45, 2.75) is 6.61 Å². The molecule has 1 rings (SSSR count). The van der Waals surface area contributed by atoms with Crippen LogP contribution in [0.5, 0.6) is 5.75 Å². The number of aliphatic hydroxyl groups excluding tert-OH is 1. The zero-order valence-electron chi connectivity index (χ0n) is 6.06. The van der Waals surface area contributed by atoms with Crippen molar-refractivity contribution in [3.05, 3.63) is 23.5 Å². The number of aromatic nitrogens is 1. The van der Waals surface area contributed by atoms with Crippen LogP contribution in [0.1, 0.15) is 15.9 Å². The molecule has 5 nitrogen and oxygen atoms in total. The summed E-state index contributed by atoms with van der Waals surface area (Å²) in [6.45, 7) is -0.518. The Morgan fingerprint density at radius 1 is 1.50 bits per heavy atom. The van der Waals surface area contributed by atoms with Crippen LogP contribution >= 0.6 is 0 Å². The topological polar surface area (TPSA) is 90.7 Å². The van der Waals surface area contributed by atoms with Crippen molar-refractivity contribution in [3.8, 4) is 5.75 Å². The van der Waals surface area contributed by atoms with Gasteiger partial charge in [0.05, 0.1) is 18.4 Å². The third kappa shape index (κ3) is 1.35. The SMILES string of the molecule is O=C(O)c1cncc(O)c1CO. The van der Waals surface area contributed by atoms with Crippen LogP contribution < -0.4 is 0 Å². The number of carboxylic acid groups (broad SMARTS) is 1. The molecule has 5 heteroatoms. The van der Waals surface area contributed by atoms with Crippen molar-refractivity contribution in [3.63, 3.8) is 0 Å². The Bertz CT molecular complexity index is 310. The maximum atomic E-state index is 10.5. The van der Waals surface area contributed by atoms with Crippen LogP contribution in [0, 0.1) is 0 Å². The maximum absolute atomic E-state index is 10.5. The molecule has 1 aromatic heterocycles. The molecule has 12 heavy (non-hydrogen) atoms. The number of hydrogen-bond donors (Lipinski definition) is 3. The minimum atomic E-state index is -1.22. The number of carboxylic acids is 1. The summed E-state index contributed by atoms with van der Waals surface area (Å²) in [5, 5.41) is 26.3. The van der Waals surface area contributed by atoms with E-state index >= 15 is 0 Å². The first-order valence-corrected chi connectivity index (χ1v) is 3.16. The van der Waals surface area contributed by atoms with Crippen LogP contribution in [-0.4, -0.2) is 26.3 Å². The number of pyridine rings is 1. The van der Waals surface area contributed by atoms with Crippen LogP contribution in [-0.2, 0) is 6.61 Å². The summed E-state index contributed by atoms with van der Waals surface area (Å²) in [6, 6.07) is 0. The van der Waals surface area contributed by atoms with E-state index in [-0.39, 0.29) is 16.9 Å². The van der Waals surface area contributed by atoms with E-state index in [4.69, 9.17) is 15.3 Å². The molecule has 0 fully saturated rings. The fourth-order valence-corrected chi connectivity index (χ4v) is 0.827. The average Bonchev–Trinajstić information content (AvgIpc) is 2.03. The number of aromatic hydroxyl groups is 1. The summed E-state index contributed by atoms with van der Waals surface area (Å²) in [4.78, 5) is 13.9. The Morgan fingerprint density at radius 2 is 2.17 bits per heavy atom. The van der Waals surface area contributed by atoms with Gasteiger partial charge in [-0.3, -0.25) is 4.98 Å². The average molecular weight is 169 g/mol. The van der Waals surface area contributed by atoms with Crippen molar-refractivity contribution in [1.82, 2.24) is 4.98 Å². The summed E-state index contributed by atoms with van der Waals surface area (Å²) in [5.41, 5.74) is -0.199. The second kappa shape index (κ2) is 3.19. The number of aromatic carboxylic acids is 1. The van der Waals surface area contributed by atoms with Crippen LogP contribution in [0.2, 0.25) is 0 Å². The molecule has 0 atom stereocenters. The van der Waals surface area contributed by atoms with E-state index < -0.39 is 12.6 Å². The van der Waals surface area contributed by atoms with E-state index in [0.29, 0.717) is 0 Å². The molecule has 0 spiro atoms. The number of carbonyl (C=O) groups is 1. The molecule has 0 saturated carbocycles. The van der Waals surface area contributed by atoms with Crippen LogP contribution in [0.25, 0.3) is 0 Å². The zero-order valence-corrected chi connectivity index (χ0v) is 6.06. The summed E-state index contributed by atoms with van der Waals surface area (Å²) < 4.78 is 0. The lowest BCUT2D eigenvalue weighted by molar-refractivity contribution is 0.0692. The summed E-state index contributed by atoms with van der Waals surface area (Å²) in [5.74, 6) is -1.53. The number of nitrogens with zero attached hydrogens (tertiary/aromatic N) is 1. The van der Waals surface area contributed by atoms with Gasteiger partial charge in [-0.05, 0) is 0 Å². The van der Waals surface area contributed by atoms with Crippen molar-refractivity contribution >= 4 is 5.97 Å². The van der Waals surface area contributed by atoms with Crippen LogP contribution in [0.4, 0.5) is 0 Å². The van der Waals surface area contributed by atoms with Gasteiger partial charge < -0.3 is 15.3 Å². The predicted molar refractivity (Wildman–Crippen MR) is 38.8 cm³/mol. The first-order valence-electron chi connectivity index (χ1n) is 3.16. The highest BCUT2D eigenvalue weighted by Gasteiger charge is 2.12. The van der Waals surface area contributed by atoms with Gasteiger partial charge in [0.25, 0.3) is 0 Å². The molecule has 1 aromatic rings. The Labute approximate surface area is 67.9 Å². The molecule has 1 heterocycles. The van der Waals surface area contributed by atoms with Crippen molar-refractivity contribution < 1.29 is 20.1 Å². The lowest BCUT2D eigenvalue weighted by Gasteiger charge is -2.03. The molecular formula is C7H7NO4. The normalized spacial score (nSPS) is 9.75. The Balaban J connectivity index is 3.27. The first-order chi connectivity index (χ1) is 5.66. The number of rotatable bonds is 2. The Hall–Kier alpha value is -1.62. The summed E-state index contributed by atoms with van der Waals surface area (Å²) >= 11 is 0. The van der Waals surface area contributed by atoms with Gasteiger partial charge in [-0.15, -0.1) is 0 Å². The van der Waals surface area contributed by atoms with Gasteiger partial charge in [0.15, 0.2) is 0 Å². The van der Waals surface area contributed by atoms with Gasteiger partial charge in [0.1, 0.15) is 5.75 Å².